The molecule has 0 unspecified atom stereocenters. The van der Waals surface area contributed by atoms with Gasteiger partial charge < -0.3 is 10.2 Å². The number of rotatable bonds is 6. The maximum absolute atomic E-state index is 12.9. The summed E-state index contributed by atoms with van der Waals surface area (Å²) in [4.78, 5) is 16.1. The number of carbonyl (C=O) groups excluding carboxylic acids is 1. The molecule has 0 bridgehead atoms. The van der Waals surface area contributed by atoms with Crippen LogP contribution in [-0.2, 0) is 11.3 Å². The van der Waals surface area contributed by atoms with Crippen LogP contribution in [0.5, 0.6) is 0 Å². The largest absolute Gasteiger partial charge is 0.456 e. The van der Waals surface area contributed by atoms with E-state index in [9.17, 15) is 9.18 Å². The third-order valence-electron chi connectivity index (χ3n) is 2.57. The number of aromatic nitrogens is 1. The van der Waals surface area contributed by atoms with Crippen molar-refractivity contribution in [2.24, 2.45) is 5.10 Å². The number of hydrogen-bond acceptors (Lipinski definition) is 6. The molecule has 0 atom stereocenters. The molecule has 8 heteroatoms. The van der Waals surface area contributed by atoms with Crippen molar-refractivity contribution in [1.29, 1.82) is 0 Å². The Hall–Kier alpha value is -1.99. The molecule has 1 heterocycles. The predicted octanol–water partition coefficient (Wildman–Crippen LogP) is 2.94. The Morgan fingerprint density at radius 2 is 2.36 bits per heavy atom. The molecule has 2 aromatic rings. The van der Waals surface area contributed by atoms with Gasteiger partial charge in [0.1, 0.15) is 17.3 Å². The van der Waals surface area contributed by atoms with Crippen LogP contribution in [-0.4, -0.2) is 23.8 Å². The molecule has 5 nitrogen and oxygen atoms in total. The molecule has 118 valence electrons. The van der Waals surface area contributed by atoms with Gasteiger partial charge in [-0.25, -0.2) is 14.2 Å². The van der Waals surface area contributed by atoms with Gasteiger partial charge >= 0.3 is 5.97 Å². The zero-order chi connectivity index (χ0) is 15.1. The summed E-state index contributed by atoms with van der Waals surface area (Å²) in [5.41, 5.74) is 5.79. The molecule has 0 amide bonds. The smallest absolute Gasteiger partial charge is 0.350 e. The maximum Gasteiger partial charge on any atom is 0.350 e. The number of ether oxygens (including phenoxy) is 1. The van der Waals surface area contributed by atoms with Gasteiger partial charge in [-0.2, -0.15) is 5.10 Å². The number of nitrogens with one attached hydrogen (secondary N) is 1. The van der Waals surface area contributed by atoms with Crippen molar-refractivity contribution in [1.82, 2.24) is 10.4 Å². The van der Waals surface area contributed by atoms with Crippen LogP contribution in [0.25, 0.3) is 0 Å². The second-order valence-electron chi connectivity index (χ2n) is 4.14. The van der Waals surface area contributed by atoms with Gasteiger partial charge in [0, 0.05) is 0 Å². The molecule has 0 radical (unpaired) electrons. The fourth-order valence-corrected chi connectivity index (χ4v) is 2.26. The Labute approximate surface area is 137 Å². The number of benzene rings is 1. The summed E-state index contributed by atoms with van der Waals surface area (Å²) in [5, 5.41) is 3.89. The zero-order valence-corrected chi connectivity index (χ0v) is 13.4. The zero-order valence-electron chi connectivity index (χ0n) is 11.8. The highest BCUT2D eigenvalue weighted by molar-refractivity contribution is 7.11. The topological polar surface area (TPSA) is 63.6 Å². The van der Waals surface area contributed by atoms with Crippen LogP contribution in [0.4, 0.5) is 4.39 Å². The van der Waals surface area contributed by atoms with Crippen LogP contribution >= 0.6 is 23.7 Å². The Balaban J connectivity index is 0.00000242. The first-order chi connectivity index (χ1) is 10.2. The number of nitrogens with zero attached hydrogens (tertiary/aromatic N) is 2. The van der Waals surface area contributed by atoms with Gasteiger partial charge in [0.05, 0.1) is 24.0 Å². The van der Waals surface area contributed by atoms with Crippen LogP contribution < -0.4 is 5.43 Å². The highest BCUT2D eigenvalue weighted by atomic mass is 35.5. The Kier molecular flexibility index (Phi) is 7.48. The lowest BCUT2D eigenvalue weighted by Crippen LogP contribution is -2.10. The van der Waals surface area contributed by atoms with Gasteiger partial charge in [-0.05, 0) is 24.6 Å². The molecule has 2 rings (SSSR count). The summed E-state index contributed by atoms with van der Waals surface area (Å²) < 4.78 is 17.9. The monoisotopic (exact) mass is 343 g/mol. The second kappa shape index (κ2) is 9.11. The standard InChI is InChI=1S/C14H14FN3O2S.ClH/c1-10-13(21-9-16-10)14(19)20-6-5-17-18-8-11-3-2-4-12(15)7-11;/h2-5,7,9,18H,6,8H2,1H3;1H/b17-5+;. The maximum atomic E-state index is 12.9. The van der Waals surface area contributed by atoms with Crippen molar-refractivity contribution in [3.05, 3.63) is 51.7 Å². The molecule has 0 spiro atoms. The molecule has 0 fully saturated rings. The van der Waals surface area contributed by atoms with Gasteiger partial charge in [0.25, 0.3) is 0 Å². The molecule has 1 aromatic heterocycles. The summed E-state index contributed by atoms with van der Waals surface area (Å²) in [5.74, 6) is -0.696. The number of hydrogen-bond donors (Lipinski definition) is 1. The van der Waals surface area contributed by atoms with Crippen LogP contribution in [0.3, 0.4) is 0 Å². The lowest BCUT2D eigenvalue weighted by Gasteiger charge is -2.01. The summed E-state index contributed by atoms with van der Waals surface area (Å²) in [6.45, 7) is 2.21. The fourth-order valence-electron chi connectivity index (χ4n) is 1.56. The average Bonchev–Trinajstić information content (AvgIpc) is 2.89. The fraction of sp³-hybridized carbons (Fsp3) is 0.214. The number of aryl methyl sites for hydroxylation is 1. The van der Waals surface area contributed by atoms with Crippen molar-refractivity contribution in [3.8, 4) is 0 Å². The molecule has 0 aliphatic heterocycles. The number of halogens is 2. The van der Waals surface area contributed by atoms with Crippen molar-refractivity contribution in [2.75, 3.05) is 6.61 Å². The molecule has 22 heavy (non-hydrogen) atoms. The third-order valence-corrected chi connectivity index (χ3v) is 3.48. The van der Waals surface area contributed by atoms with Crippen LogP contribution in [0.2, 0.25) is 0 Å². The molecular weight excluding hydrogens is 329 g/mol. The van der Waals surface area contributed by atoms with E-state index in [0.717, 1.165) is 5.56 Å². The SMILES string of the molecule is Cc1ncsc1C(=O)OC/C=N/NCc1cccc(F)c1.Cl. The summed E-state index contributed by atoms with van der Waals surface area (Å²) >= 11 is 1.24. The van der Waals surface area contributed by atoms with Crippen molar-refractivity contribution in [3.63, 3.8) is 0 Å². The first kappa shape index (κ1) is 18.1. The van der Waals surface area contributed by atoms with Gasteiger partial charge in [0.2, 0.25) is 0 Å². The molecule has 0 aliphatic rings. The highest BCUT2D eigenvalue weighted by Gasteiger charge is 2.12. The van der Waals surface area contributed by atoms with Crippen LogP contribution in [0.1, 0.15) is 20.9 Å². The Morgan fingerprint density at radius 1 is 1.55 bits per heavy atom. The molecular formula is C14H15ClFN3O2S. The van der Waals surface area contributed by atoms with Gasteiger partial charge in [-0.15, -0.1) is 23.7 Å². The van der Waals surface area contributed by atoms with E-state index >= 15 is 0 Å². The highest BCUT2D eigenvalue weighted by Crippen LogP contribution is 2.12. The van der Waals surface area contributed by atoms with E-state index in [1.54, 1.807) is 24.6 Å². The van der Waals surface area contributed by atoms with E-state index in [4.69, 9.17) is 4.74 Å². The van der Waals surface area contributed by atoms with E-state index in [1.165, 1.54) is 29.7 Å². The lowest BCUT2D eigenvalue weighted by molar-refractivity contribution is 0.0571. The van der Waals surface area contributed by atoms with Crippen LogP contribution in [0.15, 0.2) is 34.9 Å². The number of carbonyl (C=O) groups is 1. The van der Waals surface area contributed by atoms with E-state index in [-0.39, 0.29) is 24.8 Å². The number of thiazole rings is 1. The Morgan fingerprint density at radius 3 is 3.05 bits per heavy atom. The minimum atomic E-state index is -0.411. The molecule has 0 aliphatic carbocycles. The first-order valence-electron chi connectivity index (χ1n) is 6.23. The second-order valence-corrected chi connectivity index (χ2v) is 5.00. The Bertz CT molecular complexity index is 649. The van der Waals surface area contributed by atoms with Crippen molar-refractivity contribution >= 4 is 35.9 Å². The molecule has 1 aromatic carbocycles. The molecule has 0 saturated heterocycles. The minimum absolute atomic E-state index is 0. The molecule has 1 N–H and O–H groups in total. The minimum Gasteiger partial charge on any atom is -0.456 e. The normalized spacial score (nSPS) is 10.3. The van der Waals surface area contributed by atoms with Crippen molar-refractivity contribution in [2.45, 2.75) is 13.5 Å². The van der Waals surface area contributed by atoms with E-state index in [0.29, 0.717) is 17.1 Å². The van der Waals surface area contributed by atoms with Gasteiger partial charge in [-0.3, -0.25) is 0 Å². The summed E-state index contributed by atoms with van der Waals surface area (Å²) in [7, 11) is 0. The third kappa shape index (κ3) is 5.42. The van der Waals surface area contributed by atoms with E-state index in [2.05, 4.69) is 15.5 Å². The van der Waals surface area contributed by atoms with Crippen LogP contribution in [0, 0.1) is 12.7 Å². The number of esters is 1. The molecule has 0 saturated carbocycles. The van der Waals surface area contributed by atoms with Crippen molar-refractivity contribution < 1.29 is 13.9 Å². The van der Waals surface area contributed by atoms with Gasteiger partial charge in [0.15, 0.2) is 0 Å². The van der Waals surface area contributed by atoms with Gasteiger partial charge in [-0.1, -0.05) is 12.1 Å². The first-order valence-corrected chi connectivity index (χ1v) is 7.11. The summed E-state index contributed by atoms with van der Waals surface area (Å²) in [6.07, 6.45) is 1.44. The summed E-state index contributed by atoms with van der Waals surface area (Å²) in [6, 6.07) is 6.23. The van der Waals surface area contributed by atoms with E-state index < -0.39 is 5.97 Å². The number of hydrazone groups is 1. The quantitative estimate of drug-likeness (QED) is 0.497. The lowest BCUT2D eigenvalue weighted by atomic mass is 10.2. The predicted molar refractivity (Wildman–Crippen MR) is 86.1 cm³/mol. The average molecular weight is 344 g/mol. The van der Waals surface area contributed by atoms with E-state index in [1.807, 2.05) is 0 Å².